The van der Waals surface area contributed by atoms with Gasteiger partial charge in [-0.05, 0) is 240 Å². The Morgan fingerprint density at radius 2 is 0.440 bits per heavy atom. The van der Waals surface area contributed by atoms with Crippen molar-refractivity contribution in [3.8, 4) is 57.5 Å². The molecule has 0 aliphatic carbocycles. The summed E-state index contributed by atoms with van der Waals surface area (Å²) in [5.74, 6) is -0.464. The largest absolute Gasteiger partial charge is 0.493 e. The Morgan fingerprint density at radius 1 is 0.273 bits per heavy atom. The molecule has 0 spiro atoms. The molecular weight excluding hydrogens is 1900 g/mol. The maximum absolute atomic E-state index is 12.8. The van der Waals surface area contributed by atoms with Crippen molar-refractivity contribution in [3.05, 3.63) is 116 Å². The molecule has 0 radical (unpaired) electrons. The summed E-state index contributed by atoms with van der Waals surface area (Å²) in [6.07, 6.45) is 7.93. The second-order valence-corrected chi connectivity index (χ2v) is 46.0. The van der Waals surface area contributed by atoms with Crippen LogP contribution < -0.4 is 76.0 Å². The highest BCUT2D eigenvalue weighted by atomic mass is 16.6. The van der Waals surface area contributed by atoms with Crippen molar-refractivity contribution in [2.24, 2.45) is 117 Å². The fourth-order valence-electron chi connectivity index (χ4n) is 23.6. The molecular formula is C120H190N10O20. The molecule has 22 atom stereocenters. The average Bonchev–Trinajstić information content (AvgIpc) is 0.760. The number of hydrogen-bond acceptors (Lipinski definition) is 30. The van der Waals surface area contributed by atoms with Gasteiger partial charge in [-0.1, -0.05) is 138 Å². The lowest BCUT2D eigenvalue weighted by Crippen LogP contribution is -2.51. The van der Waals surface area contributed by atoms with E-state index in [1.165, 1.54) is 53.4 Å². The number of rotatable bonds is 35. The normalized spacial score (nSPS) is 28.2. The van der Waals surface area contributed by atoms with Crippen molar-refractivity contribution in [1.29, 1.82) is 0 Å². The van der Waals surface area contributed by atoms with E-state index in [-0.39, 0.29) is 167 Å². The molecule has 0 amide bonds. The highest BCUT2D eigenvalue weighted by Crippen LogP contribution is 2.52. The third-order valence-electron chi connectivity index (χ3n) is 32.1. The van der Waals surface area contributed by atoms with Gasteiger partial charge in [0.25, 0.3) is 0 Å². The Labute approximate surface area is 926 Å². The third-order valence-corrected chi connectivity index (χ3v) is 32.1. The molecule has 10 N–H and O–H groups in total. The van der Waals surface area contributed by atoms with E-state index in [4.69, 9.17) is 127 Å². The number of nitrogens with zero attached hydrogens (tertiary/aromatic N) is 5. The summed E-state index contributed by atoms with van der Waals surface area (Å²) in [5, 5.41) is 0. The summed E-state index contributed by atoms with van der Waals surface area (Å²) in [5.41, 5.74) is 40.8. The van der Waals surface area contributed by atoms with E-state index in [0.29, 0.717) is 99.9 Å². The summed E-state index contributed by atoms with van der Waals surface area (Å²) in [6, 6.07) is 14.9. The minimum atomic E-state index is -2.62. The average molecular weight is 2110 g/mol. The van der Waals surface area contributed by atoms with Crippen LogP contribution in [0.3, 0.4) is 0 Å². The van der Waals surface area contributed by atoms with Crippen LogP contribution in [-0.2, 0) is 79.8 Å². The number of hydrogen-bond donors (Lipinski definition) is 5. The topological polar surface area (TPSA) is 370 Å². The molecule has 10 heterocycles. The van der Waals surface area contributed by atoms with E-state index in [9.17, 15) is 24.0 Å². The molecule has 0 aromatic heterocycles. The van der Waals surface area contributed by atoms with Gasteiger partial charge in [-0.15, -0.1) is 0 Å². The van der Waals surface area contributed by atoms with E-state index in [2.05, 4.69) is 78.2 Å². The number of carbonyl (C=O) groups excluding carboxylic acids is 5. The second kappa shape index (κ2) is 55.4. The van der Waals surface area contributed by atoms with Crippen molar-refractivity contribution < 1.29 is 122 Å². The number of fused-ring (bicyclic) bond motifs is 15. The molecule has 2 unspecified atom stereocenters. The van der Waals surface area contributed by atoms with Gasteiger partial charge in [0.05, 0.1) is 87.3 Å². The molecule has 5 aromatic carbocycles. The molecule has 30 nitrogen and oxygen atoms in total. The van der Waals surface area contributed by atoms with Gasteiger partial charge in [0.15, 0.2) is 57.5 Å². The van der Waals surface area contributed by atoms with Crippen LogP contribution in [0.1, 0.15) is 316 Å². The Bertz CT molecular complexity index is 5760. The number of piperidine rings is 5. The zero-order valence-corrected chi connectivity index (χ0v) is 93.4. The van der Waals surface area contributed by atoms with Crippen LogP contribution in [0.5, 0.6) is 57.5 Å². The van der Waals surface area contributed by atoms with E-state index < -0.39 is 108 Å². The van der Waals surface area contributed by atoms with Crippen molar-refractivity contribution in [1.82, 2.24) is 24.5 Å². The Kier molecular flexibility index (Phi) is 34.9. The second-order valence-electron chi connectivity index (χ2n) is 46.0. The minimum Gasteiger partial charge on any atom is -0.493 e. The van der Waals surface area contributed by atoms with Crippen LogP contribution in [0, 0.1) is 88.7 Å². The van der Waals surface area contributed by atoms with Crippen molar-refractivity contribution in [3.63, 3.8) is 0 Å². The van der Waals surface area contributed by atoms with E-state index >= 15 is 0 Å². The van der Waals surface area contributed by atoms with E-state index in [1.807, 2.05) is 81.4 Å². The Hall–Kier alpha value is -8.95. The van der Waals surface area contributed by atoms with E-state index in [0.717, 1.165) is 140 Å². The van der Waals surface area contributed by atoms with Gasteiger partial charge < -0.3 is 99.7 Å². The summed E-state index contributed by atoms with van der Waals surface area (Å²) in [4.78, 5) is 75.6. The van der Waals surface area contributed by atoms with Gasteiger partial charge in [-0.2, -0.15) is 0 Å². The van der Waals surface area contributed by atoms with E-state index in [1.54, 1.807) is 50.6 Å². The molecule has 10 aliphatic rings. The smallest absolute Gasteiger partial charge is 0.323 e. The molecule has 150 heavy (non-hydrogen) atoms. The van der Waals surface area contributed by atoms with Gasteiger partial charge in [-0.25, -0.2) is 0 Å². The van der Waals surface area contributed by atoms with Crippen molar-refractivity contribution in [2.45, 2.75) is 326 Å². The van der Waals surface area contributed by atoms with Crippen LogP contribution >= 0.6 is 0 Å². The van der Waals surface area contributed by atoms with Crippen molar-refractivity contribution in [2.75, 3.05) is 136 Å². The number of ether oxygens (including phenoxy) is 15. The zero-order valence-electron chi connectivity index (χ0n) is 113. The predicted octanol–water partition coefficient (Wildman–Crippen LogP) is 17.8. The lowest BCUT2D eigenvalue weighted by atomic mass is 9.79. The molecule has 5 saturated heterocycles. The lowest BCUT2D eigenvalue weighted by Gasteiger charge is -2.47. The summed E-state index contributed by atoms with van der Waals surface area (Å²) in [7, 11) is -1.12. The van der Waals surface area contributed by atoms with Crippen LogP contribution in [0.25, 0.3) is 0 Å². The molecule has 5 fully saturated rings. The first-order valence-electron chi connectivity index (χ1n) is 64.2. The Balaban J connectivity index is 0.000000199. The number of carbonyl (C=O) groups is 5. The number of methoxy groups -OCH3 is 10. The highest BCUT2D eigenvalue weighted by Gasteiger charge is 2.50. The molecule has 30 heteroatoms. The van der Waals surface area contributed by atoms with Gasteiger partial charge in [-0.3, -0.25) is 48.5 Å². The first-order valence-corrected chi connectivity index (χ1v) is 54.2. The maximum Gasteiger partial charge on any atom is 0.323 e. The quantitative estimate of drug-likeness (QED) is 0.0186. The molecule has 840 valence electrons. The molecule has 0 saturated carbocycles. The standard InChI is InChI=1S/5C24H38N2O4/c5*1-14(2)9-17-13-26-8-7-16-10-21(28-5)22(29-6)11-18(16)19(26)12-20(17)30-24(27)23(25)15(3)4/h5*10-11,14-15,17,19-20,23H,7-9,12-13,25H2,1-6H3/t2*17-,19-,20+,23+;3*17-,19-,20-,23-/m11000/s1/i2*1D3,5D3,14D;2*5D3;/t2*14?,17-,19-,20+,23+;3m. The maximum atomic E-state index is 12.8. The number of esters is 5. The SMILES string of the molecule is COc1cc2c(cc1OC)[C@@H]1C[C@H](OC(=O)[C@@H](N)C(C)C)[C@@H](CC(C)C)CN1CC2.[2H]C([2H])([2H])Oc1cc2c(cc1OC)[C@@H]1C[C@H](OC(=O)[C@@H](N)C(C)C)[C@@H](CC(C)C)CN1CC2.[2H]C([2H])([2H])Oc1cc2c(cc1OC)[C@@H]1C[C@H](OC(=O)[C@@H](N)C(C)C)[C@@H](CC(C)C)CN1CC2.[2H]C([2H])([2H])Oc1cc2c(cc1OC)[C@H]1C[C@H](OC(=O)[C@@H](N)C(C)C)[C@H](CC([2H])(C)C([2H])([2H])[2H])CN1CC2.[2H]C([2H])([2H])Oc1cc2c(cc1OC)[C@H]1C[C@H](OC(=O)[C@@H](N)C(C)C)[C@H](CC([2H])(C)C([2H])([2H])[2H])CN1CC2. The number of nitrogens with two attached hydrogens (primary N) is 5. The molecule has 10 aliphatic heterocycles. The molecule has 15 rings (SSSR count). The first kappa shape index (κ1) is 94.6. The molecule has 5 aromatic rings. The summed E-state index contributed by atoms with van der Waals surface area (Å²) < 4.78 is 237. The fourth-order valence-corrected chi connectivity index (χ4v) is 23.6. The summed E-state index contributed by atoms with van der Waals surface area (Å²) >= 11 is 0. The van der Waals surface area contributed by atoms with Crippen molar-refractivity contribution >= 4 is 29.8 Å². The van der Waals surface area contributed by atoms with Gasteiger partial charge in [0.2, 0.25) is 0 Å². The van der Waals surface area contributed by atoms with Crippen LogP contribution in [0.4, 0.5) is 0 Å². The lowest BCUT2D eigenvalue weighted by molar-refractivity contribution is -0.161. The van der Waals surface area contributed by atoms with Gasteiger partial charge in [0.1, 0.15) is 60.7 Å². The van der Waals surface area contributed by atoms with Crippen LogP contribution in [-0.4, -0.2) is 251 Å². The monoisotopic (exact) mass is 2110 g/mol. The van der Waals surface area contributed by atoms with Gasteiger partial charge >= 0.3 is 29.8 Å². The highest BCUT2D eigenvalue weighted by molar-refractivity contribution is 5.78. The first-order chi connectivity index (χ1) is 78.9. The Morgan fingerprint density at radius 3 is 0.593 bits per heavy atom. The number of benzene rings is 5. The third kappa shape index (κ3) is 30.2. The predicted molar refractivity (Wildman–Crippen MR) is 589 cm³/mol. The van der Waals surface area contributed by atoms with Crippen LogP contribution in [0.2, 0.25) is 0 Å². The fraction of sp³-hybridized carbons (Fsp3) is 0.708. The zero-order chi connectivity index (χ0) is 127. The van der Waals surface area contributed by atoms with Gasteiger partial charge in [0, 0.05) is 168 Å². The summed E-state index contributed by atoms with van der Waals surface area (Å²) in [6.45, 7) is 37.4. The van der Waals surface area contributed by atoms with Crippen LogP contribution in [0.15, 0.2) is 60.7 Å². The molecule has 0 bridgehead atoms. The minimum absolute atomic E-state index is 0.0115.